The van der Waals surface area contributed by atoms with Gasteiger partial charge in [-0.15, -0.1) is 0 Å². The number of nitro benzene ring substituents is 1. The predicted molar refractivity (Wildman–Crippen MR) is 76.5 cm³/mol. The number of rotatable bonds is 4. The van der Waals surface area contributed by atoms with Gasteiger partial charge in [0.05, 0.1) is 4.92 Å². The van der Waals surface area contributed by atoms with E-state index in [0.717, 1.165) is 37.1 Å². The van der Waals surface area contributed by atoms with Gasteiger partial charge in [-0.25, -0.2) is 0 Å². The maximum atomic E-state index is 12.0. The molecule has 1 aromatic rings. The first-order chi connectivity index (χ1) is 9.61. The van der Waals surface area contributed by atoms with Crippen LogP contribution in [0.4, 0.5) is 11.4 Å². The van der Waals surface area contributed by atoms with Crippen LogP contribution < -0.4 is 5.32 Å². The number of nitrogens with one attached hydrogen (secondary N) is 1. The molecular formula is C14H19N3O3. The minimum atomic E-state index is -0.410. The number of hydrogen-bond donors (Lipinski definition) is 1. The van der Waals surface area contributed by atoms with E-state index in [0.29, 0.717) is 13.0 Å². The summed E-state index contributed by atoms with van der Waals surface area (Å²) in [6.45, 7) is 1.15. The van der Waals surface area contributed by atoms with E-state index >= 15 is 0 Å². The van der Waals surface area contributed by atoms with Crippen molar-refractivity contribution in [1.29, 1.82) is 0 Å². The summed E-state index contributed by atoms with van der Waals surface area (Å²) in [6.07, 6.45) is 3.57. The van der Waals surface area contributed by atoms with Crippen molar-refractivity contribution in [2.24, 2.45) is 0 Å². The molecule has 1 aliphatic heterocycles. The second-order valence-corrected chi connectivity index (χ2v) is 4.97. The van der Waals surface area contributed by atoms with Crippen LogP contribution in [0.25, 0.3) is 0 Å². The van der Waals surface area contributed by atoms with E-state index in [9.17, 15) is 14.9 Å². The van der Waals surface area contributed by atoms with Gasteiger partial charge in [-0.05, 0) is 18.9 Å². The molecule has 0 radical (unpaired) electrons. The second kappa shape index (κ2) is 6.36. The molecule has 20 heavy (non-hydrogen) atoms. The predicted octanol–water partition coefficient (Wildman–Crippen LogP) is 2.54. The van der Waals surface area contributed by atoms with Crippen molar-refractivity contribution in [1.82, 2.24) is 4.90 Å². The average molecular weight is 277 g/mol. The van der Waals surface area contributed by atoms with Crippen LogP contribution in [0.3, 0.4) is 0 Å². The molecule has 0 aromatic heterocycles. The summed E-state index contributed by atoms with van der Waals surface area (Å²) in [5.41, 5.74) is 1.67. The number of anilines is 1. The van der Waals surface area contributed by atoms with Crippen molar-refractivity contribution in [3.63, 3.8) is 0 Å². The molecule has 108 valence electrons. The van der Waals surface area contributed by atoms with E-state index in [-0.39, 0.29) is 11.6 Å². The second-order valence-electron chi connectivity index (χ2n) is 4.97. The SMILES string of the molecule is CNc1ccc([N+](=O)[O-])cc1CN1CCCCCC1=O. The number of nitrogens with zero attached hydrogens (tertiary/aromatic N) is 2. The Morgan fingerprint density at radius 3 is 2.85 bits per heavy atom. The highest BCUT2D eigenvalue weighted by atomic mass is 16.6. The molecule has 1 saturated heterocycles. The number of amides is 1. The lowest BCUT2D eigenvalue weighted by molar-refractivity contribution is -0.384. The molecule has 1 amide bonds. The molecule has 0 aliphatic carbocycles. The van der Waals surface area contributed by atoms with E-state index < -0.39 is 4.92 Å². The van der Waals surface area contributed by atoms with Gasteiger partial charge in [0.25, 0.3) is 5.69 Å². The summed E-state index contributed by atoms with van der Waals surface area (Å²) < 4.78 is 0. The zero-order valence-corrected chi connectivity index (χ0v) is 11.6. The topological polar surface area (TPSA) is 75.5 Å². The molecule has 0 saturated carbocycles. The minimum absolute atomic E-state index is 0.0567. The number of non-ortho nitro benzene ring substituents is 1. The molecule has 0 unspecified atom stereocenters. The van der Waals surface area contributed by atoms with E-state index in [2.05, 4.69) is 5.32 Å². The normalized spacial score (nSPS) is 15.8. The Labute approximate surface area is 117 Å². The van der Waals surface area contributed by atoms with Crippen LogP contribution in [0.5, 0.6) is 0 Å². The lowest BCUT2D eigenvalue weighted by Crippen LogP contribution is -2.30. The Morgan fingerprint density at radius 2 is 2.15 bits per heavy atom. The third-order valence-electron chi connectivity index (χ3n) is 3.60. The van der Waals surface area contributed by atoms with Gasteiger partial charge in [-0.3, -0.25) is 14.9 Å². The zero-order valence-electron chi connectivity index (χ0n) is 11.6. The summed E-state index contributed by atoms with van der Waals surface area (Å²) >= 11 is 0. The minimum Gasteiger partial charge on any atom is -0.388 e. The van der Waals surface area contributed by atoms with E-state index in [1.807, 2.05) is 0 Å². The molecule has 0 atom stereocenters. The molecule has 0 bridgehead atoms. The first kappa shape index (κ1) is 14.3. The number of carbonyl (C=O) groups excluding carboxylic acids is 1. The van der Waals surface area contributed by atoms with Crippen LogP contribution >= 0.6 is 0 Å². The zero-order chi connectivity index (χ0) is 14.5. The summed E-state index contributed by atoms with van der Waals surface area (Å²) in [5.74, 6) is 0.135. The highest BCUT2D eigenvalue weighted by Crippen LogP contribution is 2.24. The number of hydrogen-bond acceptors (Lipinski definition) is 4. The smallest absolute Gasteiger partial charge is 0.269 e. The van der Waals surface area contributed by atoms with Gasteiger partial charge in [0.1, 0.15) is 0 Å². The standard InChI is InChI=1S/C14H19N3O3/c1-15-13-7-6-12(17(19)20)9-11(13)10-16-8-4-2-3-5-14(16)18/h6-7,9,15H,2-5,8,10H2,1H3. The van der Waals surface area contributed by atoms with Gasteiger partial charge in [0, 0.05) is 49.9 Å². The molecule has 6 heteroatoms. The van der Waals surface area contributed by atoms with E-state index in [1.165, 1.54) is 6.07 Å². The Morgan fingerprint density at radius 1 is 1.35 bits per heavy atom. The third-order valence-corrected chi connectivity index (χ3v) is 3.60. The first-order valence-corrected chi connectivity index (χ1v) is 6.84. The highest BCUT2D eigenvalue weighted by Gasteiger charge is 2.19. The van der Waals surface area contributed by atoms with Crippen molar-refractivity contribution in [2.45, 2.75) is 32.2 Å². The number of benzene rings is 1. The largest absolute Gasteiger partial charge is 0.388 e. The number of likely N-dealkylation sites (tertiary alicyclic amines) is 1. The molecule has 6 nitrogen and oxygen atoms in total. The van der Waals surface area contributed by atoms with Gasteiger partial charge in [0.15, 0.2) is 0 Å². The highest BCUT2D eigenvalue weighted by molar-refractivity contribution is 5.76. The van der Waals surface area contributed by atoms with E-state index in [1.54, 1.807) is 24.1 Å². The lowest BCUT2D eigenvalue weighted by atomic mass is 10.1. The van der Waals surface area contributed by atoms with Crippen LogP contribution in [0.1, 0.15) is 31.2 Å². The Balaban J connectivity index is 2.23. The molecule has 1 heterocycles. The number of nitro groups is 1. The third kappa shape index (κ3) is 3.26. The van der Waals surface area contributed by atoms with Gasteiger partial charge in [0.2, 0.25) is 5.91 Å². The maximum Gasteiger partial charge on any atom is 0.269 e. The monoisotopic (exact) mass is 277 g/mol. The van der Waals surface area contributed by atoms with Crippen molar-refractivity contribution in [3.8, 4) is 0 Å². The lowest BCUT2D eigenvalue weighted by Gasteiger charge is -2.22. The molecule has 1 N–H and O–H groups in total. The van der Waals surface area contributed by atoms with Crippen LogP contribution in [0.2, 0.25) is 0 Å². The summed E-state index contributed by atoms with van der Waals surface area (Å²) in [4.78, 5) is 24.3. The van der Waals surface area contributed by atoms with E-state index in [4.69, 9.17) is 0 Å². The van der Waals surface area contributed by atoms with Gasteiger partial charge < -0.3 is 10.2 Å². The average Bonchev–Trinajstić information content (AvgIpc) is 2.64. The van der Waals surface area contributed by atoms with Crippen molar-refractivity contribution >= 4 is 17.3 Å². The fraction of sp³-hybridized carbons (Fsp3) is 0.500. The van der Waals surface area contributed by atoms with Crippen molar-refractivity contribution < 1.29 is 9.72 Å². The summed E-state index contributed by atoms with van der Waals surface area (Å²) in [5, 5.41) is 13.9. The molecule has 1 fully saturated rings. The Hall–Kier alpha value is -2.11. The first-order valence-electron chi connectivity index (χ1n) is 6.84. The molecule has 1 aromatic carbocycles. The van der Waals surface area contributed by atoms with Crippen LogP contribution in [0.15, 0.2) is 18.2 Å². The number of carbonyl (C=O) groups is 1. The molecule has 0 spiro atoms. The van der Waals surface area contributed by atoms with Crippen LogP contribution in [-0.2, 0) is 11.3 Å². The van der Waals surface area contributed by atoms with Crippen LogP contribution in [0, 0.1) is 10.1 Å². The van der Waals surface area contributed by atoms with Crippen molar-refractivity contribution in [2.75, 3.05) is 18.9 Å². The van der Waals surface area contributed by atoms with Crippen molar-refractivity contribution in [3.05, 3.63) is 33.9 Å². The Bertz CT molecular complexity index is 516. The van der Waals surface area contributed by atoms with Gasteiger partial charge in [-0.1, -0.05) is 6.42 Å². The molecule has 2 rings (SSSR count). The fourth-order valence-corrected chi connectivity index (χ4v) is 2.48. The molecular weight excluding hydrogens is 258 g/mol. The summed E-state index contributed by atoms with van der Waals surface area (Å²) in [7, 11) is 1.77. The molecule has 1 aliphatic rings. The van der Waals surface area contributed by atoms with Gasteiger partial charge >= 0.3 is 0 Å². The van der Waals surface area contributed by atoms with Crippen LogP contribution in [-0.4, -0.2) is 29.3 Å². The fourth-order valence-electron chi connectivity index (χ4n) is 2.48. The maximum absolute atomic E-state index is 12.0. The van der Waals surface area contributed by atoms with Gasteiger partial charge in [-0.2, -0.15) is 0 Å². The Kier molecular flexibility index (Phi) is 4.55. The quantitative estimate of drug-likeness (QED) is 0.678. The summed E-state index contributed by atoms with van der Waals surface area (Å²) in [6, 6.07) is 4.71.